The maximum absolute atomic E-state index is 12.8. The number of hydrogen-bond acceptors (Lipinski definition) is 7. The van der Waals surface area contributed by atoms with Crippen LogP contribution in [0.4, 0.5) is 0 Å². The molecule has 10 nitrogen and oxygen atoms in total. The lowest BCUT2D eigenvalue weighted by Crippen LogP contribution is -2.36. The Kier molecular flexibility index (Phi) is 7.96. The molecule has 0 radical (unpaired) electrons. The van der Waals surface area contributed by atoms with E-state index in [0.29, 0.717) is 25.2 Å². The van der Waals surface area contributed by atoms with Gasteiger partial charge in [0.25, 0.3) is 0 Å². The molecule has 33 heavy (non-hydrogen) atoms. The zero-order valence-corrected chi connectivity index (χ0v) is 20.1. The molecule has 0 saturated carbocycles. The molecule has 0 atom stereocenters. The van der Waals surface area contributed by atoms with Crippen molar-refractivity contribution >= 4 is 33.0 Å². The Morgan fingerprint density at radius 3 is 2.52 bits per heavy atom. The minimum Gasteiger partial charge on any atom is -0.469 e. The standard InChI is InChI=1S/C22H31N3O7S/c1-16(2)15-23(12-9-21(27)31-3)20(26)8-13-25-18-7-6-17(14-19(18)32-22(25)28)33(29,30)24-10-4-5-11-24/h6-7,14,16H,4-5,8-13,15H2,1-3H3. The molecule has 0 spiro atoms. The van der Waals surface area contributed by atoms with Gasteiger partial charge in [0.05, 0.1) is 23.9 Å². The monoisotopic (exact) mass is 481 g/mol. The zero-order valence-electron chi connectivity index (χ0n) is 19.3. The molecule has 0 N–H and O–H groups in total. The molecule has 1 amide bonds. The first kappa shape index (κ1) is 25.0. The second-order valence-corrected chi connectivity index (χ2v) is 10.5. The van der Waals surface area contributed by atoms with Gasteiger partial charge in [0, 0.05) is 45.2 Å². The lowest BCUT2D eigenvalue weighted by molar-refractivity contribution is -0.142. The maximum Gasteiger partial charge on any atom is 0.419 e. The fraction of sp³-hybridized carbons (Fsp3) is 0.591. The van der Waals surface area contributed by atoms with Gasteiger partial charge in [-0.05, 0) is 30.9 Å². The minimum absolute atomic E-state index is 0.0380. The Labute approximate surface area is 193 Å². The largest absolute Gasteiger partial charge is 0.469 e. The molecule has 1 aliphatic heterocycles. The number of amides is 1. The number of rotatable bonds is 10. The first-order valence-electron chi connectivity index (χ1n) is 11.1. The normalized spacial score (nSPS) is 14.8. The second-order valence-electron chi connectivity index (χ2n) is 8.57. The van der Waals surface area contributed by atoms with Crippen LogP contribution in [0.5, 0.6) is 0 Å². The van der Waals surface area contributed by atoms with Crippen LogP contribution in [0, 0.1) is 5.92 Å². The summed E-state index contributed by atoms with van der Waals surface area (Å²) in [5, 5.41) is 0. The molecule has 2 aromatic rings. The highest BCUT2D eigenvalue weighted by Gasteiger charge is 2.28. The number of carbonyl (C=O) groups is 2. The third-order valence-electron chi connectivity index (χ3n) is 5.64. The topological polar surface area (TPSA) is 119 Å². The van der Waals surface area contributed by atoms with Crippen LogP contribution in [0.2, 0.25) is 0 Å². The number of benzene rings is 1. The molecule has 3 rings (SSSR count). The molecule has 11 heteroatoms. The number of fused-ring (bicyclic) bond motifs is 1. The van der Waals surface area contributed by atoms with Crippen LogP contribution in [0.15, 0.2) is 32.3 Å². The van der Waals surface area contributed by atoms with Gasteiger partial charge in [0.1, 0.15) is 0 Å². The third kappa shape index (κ3) is 5.83. The predicted molar refractivity (Wildman–Crippen MR) is 121 cm³/mol. The Morgan fingerprint density at radius 2 is 1.88 bits per heavy atom. The Hall–Kier alpha value is -2.66. The first-order chi connectivity index (χ1) is 15.6. The smallest absolute Gasteiger partial charge is 0.419 e. The van der Waals surface area contributed by atoms with Crippen molar-refractivity contribution in [2.75, 3.05) is 33.3 Å². The highest BCUT2D eigenvalue weighted by molar-refractivity contribution is 7.89. The van der Waals surface area contributed by atoms with Crippen molar-refractivity contribution in [1.82, 2.24) is 13.8 Å². The summed E-state index contributed by atoms with van der Waals surface area (Å²) >= 11 is 0. The van der Waals surface area contributed by atoms with Crippen LogP contribution >= 0.6 is 0 Å². The van der Waals surface area contributed by atoms with E-state index >= 15 is 0 Å². The van der Waals surface area contributed by atoms with E-state index in [0.717, 1.165) is 12.8 Å². The van der Waals surface area contributed by atoms with Crippen molar-refractivity contribution < 1.29 is 27.2 Å². The summed E-state index contributed by atoms with van der Waals surface area (Å²) in [6.45, 7) is 5.71. The molecule has 0 unspecified atom stereocenters. The number of oxazole rings is 1. The van der Waals surface area contributed by atoms with Crippen LogP contribution < -0.4 is 5.76 Å². The summed E-state index contributed by atoms with van der Waals surface area (Å²) < 4.78 is 38.3. The molecule has 0 bridgehead atoms. The van der Waals surface area contributed by atoms with Gasteiger partial charge in [0.15, 0.2) is 5.58 Å². The SMILES string of the molecule is COC(=O)CCN(CC(C)C)C(=O)CCn1c(=O)oc2cc(S(=O)(=O)N3CCCC3)ccc21. The van der Waals surface area contributed by atoms with Crippen molar-refractivity contribution in [2.45, 2.75) is 51.0 Å². The van der Waals surface area contributed by atoms with Crippen molar-refractivity contribution in [3.8, 4) is 0 Å². The molecule has 1 aliphatic rings. The highest BCUT2D eigenvalue weighted by Crippen LogP contribution is 2.24. The predicted octanol–water partition coefficient (Wildman–Crippen LogP) is 1.82. The molecule has 1 fully saturated rings. The highest BCUT2D eigenvalue weighted by atomic mass is 32.2. The lowest BCUT2D eigenvalue weighted by atomic mass is 10.2. The average molecular weight is 482 g/mol. The summed E-state index contributed by atoms with van der Waals surface area (Å²) in [6, 6.07) is 4.37. The third-order valence-corrected chi connectivity index (χ3v) is 7.54. The Balaban J connectivity index is 1.75. The maximum atomic E-state index is 12.8. The summed E-state index contributed by atoms with van der Waals surface area (Å²) in [7, 11) is -2.33. The molecule has 2 heterocycles. The number of ether oxygens (including phenoxy) is 1. The summed E-state index contributed by atoms with van der Waals surface area (Å²) in [4.78, 5) is 38.4. The number of hydrogen-bond donors (Lipinski definition) is 0. The van der Waals surface area contributed by atoms with Gasteiger partial charge in [-0.3, -0.25) is 14.2 Å². The van der Waals surface area contributed by atoms with E-state index in [1.54, 1.807) is 4.90 Å². The van der Waals surface area contributed by atoms with E-state index in [2.05, 4.69) is 4.74 Å². The molecular formula is C22H31N3O7S. The number of esters is 1. The van der Waals surface area contributed by atoms with Crippen molar-refractivity contribution in [1.29, 1.82) is 0 Å². The Bertz CT molecular complexity index is 1160. The number of sulfonamides is 1. The van der Waals surface area contributed by atoms with Gasteiger partial charge < -0.3 is 14.1 Å². The van der Waals surface area contributed by atoms with Gasteiger partial charge >= 0.3 is 11.7 Å². The van der Waals surface area contributed by atoms with Crippen LogP contribution in [0.25, 0.3) is 11.1 Å². The molecule has 182 valence electrons. The fourth-order valence-electron chi connectivity index (χ4n) is 3.95. The van der Waals surface area contributed by atoms with Crippen molar-refractivity contribution in [3.05, 3.63) is 28.7 Å². The van der Waals surface area contributed by atoms with Crippen LogP contribution in [-0.4, -0.2) is 67.4 Å². The number of aryl methyl sites for hydroxylation is 1. The fourth-order valence-corrected chi connectivity index (χ4v) is 5.48. The number of aromatic nitrogens is 1. The van der Waals surface area contributed by atoms with Crippen LogP contribution in [0.3, 0.4) is 0 Å². The van der Waals surface area contributed by atoms with E-state index in [4.69, 9.17) is 4.42 Å². The van der Waals surface area contributed by atoms with Gasteiger partial charge in [-0.2, -0.15) is 4.31 Å². The molecule has 0 aliphatic carbocycles. The average Bonchev–Trinajstić information content (AvgIpc) is 3.42. The summed E-state index contributed by atoms with van der Waals surface area (Å²) in [5.41, 5.74) is 0.593. The second kappa shape index (κ2) is 10.5. The van der Waals surface area contributed by atoms with Gasteiger partial charge in [-0.1, -0.05) is 13.8 Å². The van der Waals surface area contributed by atoms with E-state index in [-0.39, 0.29) is 48.2 Å². The molecule has 1 aromatic heterocycles. The first-order valence-corrected chi connectivity index (χ1v) is 12.6. The Morgan fingerprint density at radius 1 is 1.18 bits per heavy atom. The molecular weight excluding hydrogens is 450 g/mol. The quantitative estimate of drug-likeness (QED) is 0.475. The van der Waals surface area contributed by atoms with E-state index in [1.807, 2.05) is 13.8 Å². The minimum atomic E-state index is -3.63. The van der Waals surface area contributed by atoms with E-state index in [9.17, 15) is 22.8 Å². The summed E-state index contributed by atoms with van der Waals surface area (Å²) in [5.74, 6) is -1.03. The van der Waals surface area contributed by atoms with E-state index < -0.39 is 21.7 Å². The number of methoxy groups -OCH3 is 1. The van der Waals surface area contributed by atoms with Gasteiger partial charge in [-0.15, -0.1) is 0 Å². The van der Waals surface area contributed by atoms with Crippen LogP contribution in [-0.2, 0) is 30.9 Å². The van der Waals surface area contributed by atoms with E-state index in [1.165, 1.54) is 34.2 Å². The van der Waals surface area contributed by atoms with Gasteiger partial charge in [-0.25, -0.2) is 13.2 Å². The lowest BCUT2D eigenvalue weighted by Gasteiger charge is -2.24. The van der Waals surface area contributed by atoms with Crippen LogP contribution in [0.1, 0.15) is 39.5 Å². The molecule has 1 aromatic carbocycles. The van der Waals surface area contributed by atoms with Gasteiger partial charge in [0.2, 0.25) is 15.9 Å². The van der Waals surface area contributed by atoms with Crippen molar-refractivity contribution in [3.63, 3.8) is 0 Å². The summed E-state index contributed by atoms with van der Waals surface area (Å²) in [6.07, 6.45) is 1.79. The number of nitrogens with zero attached hydrogens (tertiary/aromatic N) is 3. The van der Waals surface area contributed by atoms with Crippen molar-refractivity contribution in [2.24, 2.45) is 5.92 Å². The number of carbonyl (C=O) groups excluding carboxylic acids is 2. The zero-order chi connectivity index (χ0) is 24.2. The molecule has 1 saturated heterocycles.